The number of hydrogen-bond donors (Lipinski definition) is 2. The topological polar surface area (TPSA) is 83.6 Å². The highest BCUT2D eigenvalue weighted by molar-refractivity contribution is 5.88. The largest absolute Gasteiger partial charge is 0.480 e. The van der Waals surface area contributed by atoms with Crippen molar-refractivity contribution < 1.29 is 23.5 Å². The van der Waals surface area contributed by atoms with Crippen LogP contribution in [0.5, 0.6) is 0 Å². The lowest BCUT2D eigenvalue weighted by atomic mass is 10.0. The highest BCUT2D eigenvalue weighted by Crippen LogP contribution is 2.64. The van der Waals surface area contributed by atoms with Crippen molar-refractivity contribution in [2.24, 2.45) is 23.0 Å². The van der Waals surface area contributed by atoms with Gasteiger partial charge in [-0.2, -0.15) is 0 Å². The van der Waals surface area contributed by atoms with Crippen molar-refractivity contribution in [2.75, 3.05) is 6.54 Å². The summed E-state index contributed by atoms with van der Waals surface area (Å²) in [6.07, 6.45) is -3.41. The van der Waals surface area contributed by atoms with Gasteiger partial charge >= 0.3 is 5.97 Å². The van der Waals surface area contributed by atoms with Gasteiger partial charge in [0, 0.05) is 18.9 Å². The first kappa shape index (κ1) is 14.2. The Hall–Kier alpha value is -1.24. The smallest absolute Gasteiger partial charge is 0.326 e. The van der Waals surface area contributed by atoms with E-state index in [1.54, 1.807) is 0 Å². The van der Waals surface area contributed by atoms with Crippen molar-refractivity contribution in [1.29, 1.82) is 0 Å². The summed E-state index contributed by atoms with van der Waals surface area (Å²) in [5, 5.41) is 9.24. The van der Waals surface area contributed by atoms with E-state index in [1.165, 1.54) is 0 Å². The van der Waals surface area contributed by atoms with E-state index < -0.39 is 36.8 Å². The number of aliphatic carboxylic acids is 1. The molecule has 1 aliphatic carbocycles. The second-order valence-electron chi connectivity index (χ2n) is 5.96. The number of halogens is 2. The SMILES string of the molecule is CC1(C)[C@@H]2[C@@H](C(=O)O)N(C(=O)C(N)CC(F)F)C[C@@H]21. The fourth-order valence-electron chi connectivity index (χ4n) is 3.30. The third-order valence-electron chi connectivity index (χ3n) is 4.49. The molecule has 7 heteroatoms. The van der Waals surface area contributed by atoms with Gasteiger partial charge in [-0.1, -0.05) is 13.8 Å². The summed E-state index contributed by atoms with van der Waals surface area (Å²) in [5.41, 5.74) is 5.32. The van der Waals surface area contributed by atoms with Crippen LogP contribution >= 0.6 is 0 Å². The van der Waals surface area contributed by atoms with E-state index in [9.17, 15) is 23.5 Å². The summed E-state index contributed by atoms with van der Waals surface area (Å²) < 4.78 is 24.5. The molecule has 1 amide bonds. The molecule has 2 aliphatic rings. The first-order valence-corrected chi connectivity index (χ1v) is 6.25. The molecule has 0 aromatic carbocycles. The Bertz CT molecular complexity index is 414. The van der Waals surface area contributed by atoms with Crippen LogP contribution in [-0.4, -0.2) is 46.9 Å². The number of nitrogens with two attached hydrogens (primary N) is 1. The quantitative estimate of drug-likeness (QED) is 0.785. The summed E-state index contributed by atoms with van der Waals surface area (Å²) in [4.78, 5) is 24.4. The van der Waals surface area contributed by atoms with E-state index in [-0.39, 0.29) is 17.3 Å². The molecule has 0 spiro atoms. The van der Waals surface area contributed by atoms with Crippen LogP contribution in [0.2, 0.25) is 0 Å². The van der Waals surface area contributed by atoms with Crippen LogP contribution in [0.15, 0.2) is 0 Å². The molecule has 1 heterocycles. The molecule has 108 valence electrons. The highest BCUT2D eigenvalue weighted by Gasteiger charge is 2.69. The number of carbonyl (C=O) groups is 2. The molecule has 1 saturated carbocycles. The first-order valence-electron chi connectivity index (χ1n) is 6.25. The van der Waals surface area contributed by atoms with Gasteiger partial charge in [0.15, 0.2) is 0 Å². The number of fused-ring (bicyclic) bond motifs is 1. The molecule has 0 aromatic heterocycles. The average Bonchev–Trinajstić information content (AvgIpc) is 2.68. The number of rotatable bonds is 4. The Kier molecular flexibility index (Phi) is 3.28. The van der Waals surface area contributed by atoms with Gasteiger partial charge in [0.25, 0.3) is 0 Å². The Morgan fingerprint density at radius 1 is 1.47 bits per heavy atom. The second kappa shape index (κ2) is 4.40. The maximum Gasteiger partial charge on any atom is 0.326 e. The van der Waals surface area contributed by atoms with Crippen molar-refractivity contribution in [3.8, 4) is 0 Å². The van der Waals surface area contributed by atoms with E-state index in [1.807, 2.05) is 13.8 Å². The number of hydrogen-bond acceptors (Lipinski definition) is 3. The van der Waals surface area contributed by atoms with E-state index in [0.29, 0.717) is 6.54 Å². The van der Waals surface area contributed by atoms with Gasteiger partial charge in [0.2, 0.25) is 12.3 Å². The molecule has 0 bridgehead atoms. The molecule has 0 radical (unpaired) electrons. The summed E-state index contributed by atoms with van der Waals surface area (Å²) in [6.45, 7) is 4.21. The lowest BCUT2D eigenvalue weighted by molar-refractivity contribution is -0.151. The zero-order valence-corrected chi connectivity index (χ0v) is 10.8. The summed E-state index contributed by atoms with van der Waals surface area (Å²) >= 11 is 0. The maximum absolute atomic E-state index is 12.2. The van der Waals surface area contributed by atoms with E-state index in [0.717, 1.165) is 4.90 Å². The number of likely N-dealkylation sites (tertiary alicyclic amines) is 1. The lowest BCUT2D eigenvalue weighted by Gasteiger charge is -2.30. The number of nitrogens with zero attached hydrogens (tertiary/aromatic N) is 1. The minimum atomic E-state index is -2.67. The van der Waals surface area contributed by atoms with Gasteiger partial charge in [0.1, 0.15) is 6.04 Å². The molecule has 5 nitrogen and oxygen atoms in total. The number of amides is 1. The monoisotopic (exact) mass is 276 g/mol. The van der Waals surface area contributed by atoms with Gasteiger partial charge < -0.3 is 15.7 Å². The maximum atomic E-state index is 12.2. The number of carboxylic acid groups (broad SMARTS) is 1. The average molecular weight is 276 g/mol. The summed E-state index contributed by atoms with van der Waals surface area (Å²) in [7, 11) is 0. The molecule has 2 fully saturated rings. The van der Waals surface area contributed by atoms with Crippen LogP contribution in [0.1, 0.15) is 20.3 Å². The highest BCUT2D eigenvalue weighted by atomic mass is 19.3. The molecule has 2 rings (SSSR count). The van der Waals surface area contributed by atoms with Gasteiger partial charge in [-0.3, -0.25) is 4.79 Å². The molecule has 3 N–H and O–H groups in total. The van der Waals surface area contributed by atoms with Crippen molar-refractivity contribution >= 4 is 11.9 Å². The fourth-order valence-corrected chi connectivity index (χ4v) is 3.30. The first-order chi connectivity index (χ1) is 8.67. The Balaban J connectivity index is 2.09. The number of carboxylic acids is 1. The van der Waals surface area contributed by atoms with Gasteiger partial charge in [-0.15, -0.1) is 0 Å². The number of piperidine rings is 1. The van der Waals surface area contributed by atoms with E-state index in [4.69, 9.17) is 5.73 Å². The molecular formula is C12H18F2N2O3. The van der Waals surface area contributed by atoms with Crippen molar-refractivity contribution in [3.63, 3.8) is 0 Å². The molecule has 19 heavy (non-hydrogen) atoms. The standard InChI is InChI=1S/C12H18F2N2O3/c1-12(2)5-4-16(9(8(5)12)11(18)19)10(17)6(15)3-7(13)14/h5-9H,3-4,15H2,1-2H3,(H,18,19)/t5-,6?,8-,9-/m0/s1. The summed E-state index contributed by atoms with van der Waals surface area (Å²) in [6, 6.07) is -2.27. The Morgan fingerprint density at radius 2 is 2.05 bits per heavy atom. The third-order valence-corrected chi connectivity index (χ3v) is 4.49. The molecule has 1 unspecified atom stereocenters. The van der Waals surface area contributed by atoms with Crippen LogP contribution in [-0.2, 0) is 9.59 Å². The lowest BCUT2D eigenvalue weighted by Crippen LogP contribution is -2.51. The molecule has 1 aliphatic heterocycles. The summed E-state index contributed by atoms with van der Waals surface area (Å²) in [5.74, 6) is -1.75. The van der Waals surface area contributed by atoms with Crippen LogP contribution in [0.25, 0.3) is 0 Å². The molecule has 4 atom stereocenters. The zero-order valence-electron chi connectivity index (χ0n) is 10.8. The predicted molar refractivity (Wildman–Crippen MR) is 62.5 cm³/mol. The van der Waals surface area contributed by atoms with E-state index in [2.05, 4.69) is 0 Å². The van der Waals surface area contributed by atoms with Crippen LogP contribution in [0.4, 0.5) is 8.78 Å². The van der Waals surface area contributed by atoms with Crippen molar-refractivity contribution in [2.45, 2.75) is 38.8 Å². The normalized spacial score (nSPS) is 33.2. The van der Waals surface area contributed by atoms with E-state index >= 15 is 0 Å². The minimum Gasteiger partial charge on any atom is -0.480 e. The minimum absolute atomic E-state index is 0.104. The van der Waals surface area contributed by atoms with Crippen LogP contribution in [0.3, 0.4) is 0 Å². The Morgan fingerprint density at radius 3 is 2.53 bits per heavy atom. The van der Waals surface area contributed by atoms with Crippen molar-refractivity contribution in [3.05, 3.63) is 0 Å². The van der Waals surface area contributed by atoms with Crippen molar-refractivity contribution in [1.82, 2.24) is 4.90 Å². The van der Waals surface area contributed by atoms with Crippen LogP contribution in [0, 0.1) is 17.3 Å². The van der Waals surface area contributed by atoms with Crippen LogP contribution < -0.4 is 5.73 Å². The van der Waals surface area contributed by atoms with Gasteiger partial charge in [0.05, 0.1) is 6.04 Å². The molecule has 1 saturated heterocycles. The Labute approximate surface area is 109 Å². The number of alkyl halides is 2. The molecular weight excluding hydrogens is 258 g/mol. The van der Waals surface area contributed by atoms with Gasteiger partial charge in [-0.05, 0) is 11.3 Å². The zero-order chi connectivity index (χ0) is 14.5. The predicted octanol–water partition coefficient (Wildman–Crippen LogP) is 0.536. The third kappa shape index (κ3) is 2.20. The fraction of sp³-hybridized carbons (Fsp3) is 0.833. The molecule has 0 aromatic rings. The number of carbonyl (C=O) groups excluding carboxylic acids is 1. The second-order valence-corrected chi connectivity index (χ2v) is 5.96. The van der Waals surface area contributed by atoms with Gasteiger partial charge in [-0.25, -0.2) is 13.6 Å².